The maximum atomic E-state index is 5.59. The molecule has 0 spiro atoms. The van der Waals surface area contributed by atoms with E-state index in [0.717, 1.165) is 42.2 Å². The first-order valence-electron chi connectivity index (χ1n) is 6.51. The van der Waals surface area contributed by atoms with Gasteiger partial charge < -0.3 is 10.2 Å². The fraction of sp³-hybridized carbons (Fsp3) is 0.500. The third-order valence-corrected chi connectivity index (χ3v) is 3.23. The Morgan fingerprint density at radius 2 is 2.06 bits per heavy atom. The zero-order valence-corrected chi connectivity index (χ0v) is 11.4. The highest BCUT2D eigenvalue weighted by molar-refractivity contribution is 5.22. The molecule has 18 heavy (non-hydrogen) atoms. The predicted molar refractivity (Wildman–Crippen MR) is 71.4 cm³/mol. The number of hydrogen-bond acceptors (Lipinski definition) is 3. The van der Waals surface area contributed by atoms with Crippen LogP contribution in [0.1, 0.15) is 42.3 Å². The Bertz CT molecular complexity index is 525. The second-order valence-electron chi connectivity index (χ2n) is 4.49. The SMILES string of the molecule is CCc1cc(CC)n(Cc2cc(CN)oc2C)n1. The fourth-order valence-corrected chi connectivity index (χ4v) is 2.12. The number of furan rings is 1. The predicted octanol–water partition coefficient (Wildman–Crippen LogP) is 2.42. The standard InChI is InChI=1S/C14H21N3O/c1-4-12-7-13(5-2)17(16-12)9-11-6-14(8-15)18-10(11)3/h6-7H,4-5,8-9,15H2,1-3H3. The van der Waals surface area contributed by atoms with Gasteiger partial charge in [-0.1, -0.05) is 13.8 Å². The van der Waals surface area contributed by atoms with Gasteiger partial charge in [0, 0.05) is 11.3 Å². The number of nitrogens with zero attached hydrogens (tertiary/aromatic N) is 2. The Morgan fingerprint density at radius 3 is 2.61 bits per heavy atom. The molecule has 0 fully saturated rings. The van der Waals surface area contributed by atoms with E-state index in [9.17, 15) is 0 Å². The van der Waals surface area contributed by atoms with E-state index in [0.29, 0.717) is 6.54 Å². The lowest BCUT2D eigenvalue weighted by molar-refractivity contribution is 0.480. The quantitative estimate of drug-likeness (QED) is 0.882. The topological polar surface area (TPSA) is 57.0 Å². The van der Waals surface area contributed by atoms with Crippen molar-refractivity contribution in [1.29, 1.82) is 0 Å². The maximum Gasteiger partial charge on any atom is 0.118 e. The first kappa shape index (κ1) is 12.9. The van der Waals surface area contributed by atoms with Crippen LogP contribution in [0.4, 0.5) is 0 Å². The molecule has 0 saturated heterocycles. The van der Waals surface area contributed by atoms with Crippen LogP contribution in [0.3, 0.4) is 0 Å². The average Bonchev–Trinajstić information content (AvgIpc) is 2.94. The summed E-state index contributed by atoms with van der Waals surface area (Å²) in [6, 6.07) is 4.21. The third kappa shape index (κ3) is 2.48. The number of nitrogens with two attached hydrogens (primary N) is 1. The van der Waals surface area contributed by atoms with Crippen molar-refractivity contribution in [3.63, 3.8) is 0 Å². The van der Waals surface area contributed by atoms with Gasteiger partial charge in [-0.2, -0.15) is 5.10 Å². The molecule has 0 aliphatic rings. The second kappa shape index (κ2) is 5.40. The summed E-state index contributed by atoms with van der Waals surface area (Å²) >= 11 is 0. The van der Waals surface area contributed by atoms with Gasteiger partial charge in [-0.05, 0) is 31.9 Å². The summed E-state index contributed by atoms with van der Waals surface area (Å²) in [5.74, 6) is 1.77. The summed E-state index contributed by atoms with van der Waals surface area (Å²) in [6.07, 6.45) is 1.96. The molecular weight excluding hydrogens is 226 g/mol. The van der Waals surface area contributed by atoms with Crippen LogP contribution in [-0.4, -0.2) is 9.78 Å². The van der Waals surface area contributed by atoms with Crippen LogP contribution in [0, 0.1) is 6.92 Å². The Balaban J connectivity index is 2.26. The second-order valence-corrected chi connectivity index (χ2v) is 4.49. The molecule has 0 unspecified atom stereocenters. The van der Waals surface area contributed by atoms with Crippen LogP contribution in [-0.2, 0) is 25.9 Å². The summed E-state index contributed by atoms with van der Waals surface area (Å²) < 4.78 is 7.64. The molecule has 2 aromatic heterocycles. The Morgan fingerprint density at radius 1 is 1.28 bits per heavy atom. The van der Waals surface area contributed by atoms with Gasteiger partial charge >= 0.3 is 0 Å². The van der Waals surface area contributed by atoms with E-state index < -0.39 is 0 Å². The molecule has 0 saturated carbocycles. The number of aromatic nitrogens is 2. The lowest BCUT2D eigenvalue weighted by Crippen LogP contribution is -2.06. The molecule has 0 aromatic carbocycles. The molecule has 0 amide bonds. The molecule has 0 aliphatic heterocycles. The Labute approximate surface area is 108 Å². The average molecular weight is 247 g/mol. The van der Waals surface area contributed by atoms with Crippen LogP contribution < -0.4 is 5.73 Å². The minimum atomic E-state index is 0.445. The maximum absolute atomic E-state index is 5.59. The zero-order chi connectivity index (χ0) is 13.1. The summed E-state index contributed by atoms with van der Waals surface area (Å²) in [5.41, 5.74) is 9.16. The van der Waals surface area contributed by atoms with E-state index in [2.05, 4.69) is 29.7 Å². The Hall–Kier alpha value is -1.55. The highest BCUT2D eigenvalue weighted by Gasteiger charge is 2.10. The molecule has 0 aliphatic carbocycles. The lowest BCUT2D eigenvalue weighted by Gasteiger charge is -2.04. The van der Waals surface area contributed by atoms with Crippen LogP contribution in [0.15, 0.2) is 16.5 Å². The van der Waals surface area contributed by atoms with E-state index in [4.69, 9.17) is 10.2 Å². The molecule has 0 bridgehead atoms. The van der Waals surface area contributed by atoms with Crippen molar-refractivity contribution in [2.75, 3.05) is 0 Å². The molecule has 98 valence electrons. The van der Waals surface area contributed by atoms with E-state index in [-0.39, 0.29) is 0 Å². The van der Waals surface area contributed by atoms with Crippen LogP contribution >= 0.6 is 0 Å². The first-order chi connectivity index (χ1) is 8.67. The van der Waals surface area contributed by atoms with E-state index in [1.807, 2.05) is 13.0 Å². The molecule has 0 radical (unpaired) electrons. The molecule has 4 heteroatoms. The zero-order valence-electron chi connectivity index (χ0n) is 11.4. The van der Waals surface area contributed by atoms with Crippen molar-refractivity contribution >= 4 is 0 Å². The molecule has 2 heterocycles. The minimum Gasteiger partial charge on any atom is -0.465 e. The van der Waals surface area contributed by atoms with Gasteiger partial charge in [0.1, 0.15) is 11.5 Å². The van der Waals surface area contributed by atoms with Crippen LogP contribution in [0.5, 0.6) is 0 Å². The van der Waals surface area contributed by atoms with Crippen LogP contribution in [0.25, 0.3) is 0 Å². The molecule has 2 aromatic rings. The van der Waals surface area contributed by atoms with Gasteiger partial charge in [0.25, 0.3) is 0 Å². The molecule has 2 N–H and O–H groups in total. The van der Waals surface area contributed by atoms with E-state index in [1.54, 1.807) is 0 Å². The summed E-state index contributed by atoms with van der Waals surface area (Å²) in [4.78, 5) is 0. The molecule has 0 atom stereocenters. The molecule has 4 nitrogen and oxygen atoms in total. The highest BCUT2D eigenvalue weighted by atomic mass is 16.3. The monoisotopic (exact) mass is 247 g/mol. The molecular formula is C14H21N3O. The number of hydrogen-bond donors (Lipinski definition) is 1. The van der Waals surface area contributed by atoms with E-state index in [1.165, 1.54) is 5.69 Å². The van der Waals surface area contributed by atoms with Gasteiger partial charge in [-0.15, -0.1) is 0 Å². The van der Waals surface area contributed by atoms with Crippen molar-refractivity contribution in [1.82, 2.24) is 9.78 Å². The summed E-state index contributed by atoms with van der Waals surface area (Å²) in [6.45, 7) is 7.46. The highest BCUT2D eigenvalue weighted by Crippen LogP contribution is 2.17. The van der Waals surface area contributed by atoms with Gasteiger partial charge in [-0.25, -0.2) is 0 Å². The third-order valence-electron chi connectivity index (χ3n) is 3.23. The van der Waals surface area contributed by atoms with Gasteiger partial charge in [0.2, 0.25) is 0 Å². The van der Waals surface area contributed by atoms with Crippen molar-refractivity contribution in [3.8, 4) is 0 Å². The lowest BCUT2D eigenvalue weighted by atomic mass is 10.2. The van der Waals surface area contributed by atoms with E-state index >= 15 is 0 Å². The van der Waals surface area contributed by atoms with Crippen molar-refractivity contribution < 1.29 is 4.42 Å². The van der Waals surface area contributed by atoms with Gasteiger partial charge in [-0.3, -0.25) is 4.68 Å². The van der Waals surface area contributed by atoms with Crippen LogP contribution in [0.2, 0.25) is 0 Å². The smallest absolute Gasteiger partial charge is 0.118 e. The number of rotatable bonds is 5. The van der Waals surface area contributed by atoms with Gasteiger partial charge in [0.05, 0.1) is 18.8 Å². The Kier molecular flexibility index (Phi) is 3.87. The fourth-order valence-electron chi connectivity index (χ4n) is 2.12. The van der Waals surface area contributed by atoms with Crippen molar-refractivity contribution in [2.45, 2.75) is 46.7 Å². The van der Waals surface area contributed by atoms with Gasteiger partial charge in [0.15, 0.2) is 0 Å². The normalized spacial score (nSPS) is 11.1. The largest absolute Gasteiger partial charge is 0.465 e. The molecule has 2 rings (SSSR count). The summed E-state index contributed by atoms with van der Waals surface area (Å²) in [7, 11) is 0. The first-order valence-corrected chi connectivity index (χ1v) is 6.51. The van der Waals surface area contributed by atoms with Crippen molar-refractivity contribution in [3.05, 3.63) is 40.6 Å². The van der Waals surface area contributed by atoms with Crippen molar-refractivity contribution in [2.24, 2.45) is 5.73 Å². The summed E-state index contributed by atoms with van der Waals surface area (Å²) in [5, 5.41) is 4.61. The number of aryl methyl sites for hydroxylation is 3. The minimum absolute atomic E-state index is 0.445.